The number of hydrogen-bond acceptors (Lipinski definition) is 6. The van der Waals surface area contributed by atoms with Crippen LogP contribution in [0.25, 0.3) is 0 Å². The summed E-state index contributed by atoms with van der Waals surface area (Å²) in [5, 5.41) is 0. The Morgan fingerprint density at radius 3 is 2.45 bits per heavy atom. The molecule has 31 heavy (non-hydrogen) atoms. The van der Waals surface area contributed by atoms with Gasteiger partial charge in [-0.2, -0.15) is 0 Å². The third-order valence-corrected chi connectivity index (χ3v) is 8.08. The summed E-state index contributed by atoms with van der Waals surface area (Å²) in [7, 11) is -6.87. The van der Waals surface area contributed by atoms with Crippen LogP contribution in [0.3, 0.4) is 0 Å². The van der Waals surface area contributed by atoms with Crippen LogP contribution in [-0.4, -0.2) is 47.4 Å². The van der Waals surface area contributed by atoms with Gasteiger partial charge >= 0.3 is 0 Å². The van der Waals surface area contributed by atoms with Crippen LogP contribution >= 0.6 is 0 Å². The topological polar surface area (TPSA) is 110 Å². The highest BCUT2D eigenvalue weighted by molar-refractivity contribution is 7.91. The van der Waals surface area contributed by atoms with Gasteiger partial charge in [0.25, 0.3) is 0 Å². The van der Waals surface area contributed by atoms with Crippen molar-refractivity contribution >= 4 is 31.5 Å². The van der Waals surface area contributed by atoms with Crippen LogP contribution in [0.5, 0.6) is 5.75 Å². The fourth-order valence-electron chi connectivity index (χ4n) is 3.16. The molecular weight excluding hydrogens is 440 g/mol. The highest BCUT2D eigenvalue weighted by Gasteiger charge is 2.22. The van der Waals surface area contributed by atoms with Crippen molar-refractivity contribution in [3.63, 3.8) is 0 Å². The second-order valence-corrected chi connectivity index (χ2v) is 11.4. The number of carbonyl (C=O) groups excluding carboxylic acids is 1. The minimum atomic E-state index is -3.75. The van der Waals surface area contributed by atoms with Crippen molar-refractivity contribution in [1.29, 1.82) is 0 Å². The first kappa shape index (κ1) is 23.2. The molecule has 2 aromatic carbocycles. The Kier molecular flexibility index (Phi) is 7.34. The molecule has 1 fully saturated rings. The second-order valence-electron chi connectivity index (χ2n) is 7.20. The van der Waals surface area contributed by atoms with Crippen LogP contribution in [0, 0.1) is 0 Å². The normalized spacial score (nSPS) is 14.7. The summed E-state index contributed by atoms with van der Waals surface area (Å²) in [6.07, 6.45) is 1.36. The van der Waals surface area contributed by atoms with E-state index in [1.807, 2.05) is 12.1 Å². The van der Waals surface area contributed by atoms with E-state index in [0.29, 0.717) is 18.7 Å². The SMILES string of the molecule is CCS(=O)(=O)CCOc1ccc(S(=O)(=O)NCc2cccc(N3CCCC3=O)c2)cc1. The van der Waals surface area contributed by atoms with Crippen molar-refractivity contribution < 1.29 is 26.4 Å². The predicted octanol–water partition coefficient (Wildman–Crippen LogP) is 2.11. The van der Waals surface area contributed by atoms with Gasteiger partial charge in [-0.3, -0.25) is 4.79 Å². The third-order valence-electron chi connectivity index (χ3n) is 5.00. The Balaban J connectivity index is 1.59. The van der Waals surface area contributed by atoms with Crippen molar-refractivity contribution in [3.8, 4) is 5.75 Å². The summed E-state index contributed by atoms with van der Waals surface area (Å²) in [4.78, 5) is 13.7. The molecule has 1 saturated heterocycles. The summed E-state index contributed by atoms with van der Waals surface area (Å²) in [5.74, 6) is 0.435. The average molecular weight is 467 g/mol. The zero-order valence-electron chi connectivity index (χ0n) is 17.3. The number of anilines is 1. The van der Waals surface area contributed by atoms with Gasteiger partial charge in [0, 0.05) is 31.0 Å². The number of nitrogens with zero attached hydrogens (tertiary/aromatic N) is 1. The van der Waals surface area contributed by atoms with E-state index < -0.39 is 19.9 Å². The van der Waals surface area contributed by atoms with E-state index in [2.05, 4.69) is 4.72 Å². The van der Waals surface area contributed by atoms with E-state index in [9.17, 15) is 21.6 Å². The number of ether oxygens (including phenoxy) is 1. The lowest BCUT2D eigenvalue weighted by molar-refractivity contribution is -0.117. The zero-order valence-corrected chi connectivity index (χ0v) is 18.9. The molecule has 1 aliphatic heterocycles. The highest BCUT2D eigenvalue weighted by Crippen LogP contribution is 2.22. The molecule has 3 rings (SSSR count). The standard InChI is InChI=1S/C21H26N2O6S2/c1-2-30(25,26)14-13-29-19-8-10-20(11-9-19)31(27,28)22-16-17-5-3-6-18(15-17)23-12-4-7-21(23)24/h3,5-6,8-11,15,22H,2,4,7,12-14,16H2,1H3. The molecule has 1 N–H and O–H groups in total. The third kappa shape index (κ3) is 6.28. The minimum Gasteiger partial charge on any atom is -0.493 e. The molecular formula is C21H26N2O6S2. The number of rotatable bonds is 10. The zero-order chi connectivity index (χ0) is 22.5. The van der Waals surface area contributed by atoms with Gasteiger partial charge in [0.15, 0.2) is 9.84 Å². The molecule has 10 heteroatoms. The van der Waals surface area contributed by atoms with Crippen molar-refractivity contribution in [2.24, 2.45) is 0 Å². The summed E-state index contributed by atoms with van der Waals surface area (Å²) >= 11 is 0. The van der Waals surface area contributed by atoms with E-state index in [-0.39, 0.29) is 35.5 Å². The number of nitrogens with one attached hydrogen (secondary N) is 1. The minimum absolute atomic E-state index is 0.0103. The van der Waals surface area contributed by atoms with Crippen LogP contribution in [-0.2, 0) is 31.2 Å². The van der Waals surface area contributed by atoms with E-state index in [1.165, 1.54) is 24.3 Å². The fraction of sp³-hybridized carbons (Fsp3) is 0.381. The summed E-state index contributed by atoms with van der Waals surface area (Å²) < 4.78 is 56.1. The first-order valence-corrected chi connectivity index (χ1v) is 13.3. The Bertz CT molecular complexity index is 1130. The van der Waals surface area contributed by atoms with E-state index in [4.69, 9.17) is 4.74 Å². The molecule has 0 spiro atoms. The van der Waals surface area contributed by atoms with Gasteiger partial charge in [0.1, 0.15) is 12.4 Å². The average Bonchev–Trinajstić information content (AvgIpc) is 3.19. The Labute approximate surface area is 183 Å². The smallest absolute Gasteiger partial charge is 0.240 e. The maximum absolute atomic E-state index is 12.6. The molecule has 1 heterocycles. The van der Waals surface area contributed by atoms with Crippen LogP contribution in [0.2, 0.25) is 0 Å². The molecule has 0 aromatic heterocycles. The quantitative estimate of drug-likeness (QED) is 0.574. The number of hydrogen-bond donors (Lipinski definition) is 1. The van der Waals surface area contributed by atoms with Crippen molar-refractivity contribution in [1.82, 2.24) is 4.72 Å². The molecule has 2 aromatic rings. The highest BCUT2D eigenvalue weighted by atomic mass is 32.2. The molecule has 168 valence electrons. The van der Waals surface area contributed by atoms with Gasteiger partial charge in [-0.1, -0.05) is 19.1 Å². The van der Waals surface area contributed by atoms with Crippen molar-refractivity contribution in [2.45, 2.75) is 31.2 Å². The second kappa shape index (κ2) is 9.80. The number of carbonyl (C=O) groups is 1. The molecule has 0 saturated carbocycles. The molecule has 0 bridgehead atoms. The first-order chi connectivity index (χ1) is 14.7. The molecule has 0 unspecified atom stereocenters. The number of amides is 1. The molecule has 0 aliphatic carbocycles. The van der Waals surface area contributed by atoms with Crippen molar-refractivity contribution in [2.75, 3.05) is 29.6 Å². The maximum Gasteiger partial charge on any atom is 0.240 e. The van der Waals surface area contributed by atoms with Gasteiger partial charge in [-0.25, -0.2) is 21.6 Å². The van der Waals surface area contributed by atoms with Crippen LogP contribution < -0.4 is 14.4 Å². The molecule has 1 aliphatic rings. The van der Waals surface area contributed by atoms with Gasteiger partial charge < -0.3 is 9.64 Å². The maximum atomic E-state index is 12.6. The lowest BCUT2D eigenvalue weighted by Gasteiger charge is -2.16. The lowest BCUT2D eigenvalue weighted by Crippen LogP contribution is -2.25. The number of benzene rings is 2. The molecule has 8 nitrogen and oxygen atoms in total. The molecule has 0 radical (unpaired) electrons. The summed E-state index contributed by atoms with van der Waals surface area (Å²) in [6.45, 7) is 2.35. The summed E-state index contributed by atoms with van der Waals surface area (Å²) in [6, 6.07) is 13.1. The van der Waals surface area contributed by atoms with Gasteiger partial charge in [-0.15, -0.1) is 0 Å². The number of sulfone groups is 1. The summed E-state index contributed by atoms with van der Waals surface area (Å²) in [5.41, 5.74) is 1.52. The van der Waals surface area contributed by atoms with E-state index >= 15 is 0 Å². The van der Waals surface area contributed by atoms with Crippen molar-refractivity contribution in [3.05, 3.63) is 54.1 Å². The lowest BCUT2D eigenvalue weighted by atomic mass is 10.2. The number of sulfonamides is 1. The Morgan fingerprint density at radius 1 is 1.06 bits per heavy atom. The molecule has 1 amide bonds. The van der Waals surface area contributed by atoms with Gasteiger partial charge in [-0.05, 0) is 48.4 Å². The Morgan fingerprint density at radius 2 is 1.81 bits per heavy atom. The Hall–Kier alpha value is -2.43. The van der Waals surface area contributed by atoms with E-state index in [0.717, 1.165) is 17.7 Å². The van der Waals surface area contributed by atoms with Crippen LogP contribution in [0.1, 0.15) is 25.3 Å². The monoisotopic (exact) mass is 466 g/mol. The van der Waals surface area contributed by atoms with E-state index in [1.54, 1.807) is 24.0 Å². The predicted molar refractivity (Wildman–Crippen MR) is 118 cm³/mol. The van der Waals surface area contributed by atoms with Crippen LogP contribution in [0.15, 0.2) is 53.4 Å². The molecule has 0 atom stereocenters. The van der Waals surface area contributed by atoms with Gasteiger partial charge in [0.2, 0.25) is 15.9 Å². The van der Waals surface area contributed by atoms with Crippen LogP contribution in [0.4, 0.5) is 5.69 Å². The largest absolute Gasteiger partial charge is 0.493 e. The fourth-order valence-corrected chi connectivity index (χ4v) is 4.81. The van der Waals surface area contributed by atoms with Gasteiger partial charge in [0.05, 0.1) is 10.6 Å². The first-order valence-electron chi connectivity index (χ1n) is 10.0.